The standard InChI is InChI=1S/C15H22N6O/c1-5-17-15(22)10-20(6-2)13-8-16-9-14(18-13)21-12(4)7-11(3)19-21/h7-9H,5-6,10H2,1-4H3,(H,17,22). The number of hydrogen-bond acceptors (Lipinski definition) is 5. The smallest absolute Gasteiger partial charge is 0.239 e. The second-order valence-electron chi connectivity index (χ2n) is 5.04. The molecule has 0 bridgehead atoms. The number of aryl methyl sites for hydroxylation is 2. The maximum atomic E-state index is 11.8. The van der Waals surface area contributed by atoms with Gasteiger partial charge in [-0.2, -0.15) is 5.10 Å². The molecule has 2 aromatic rings. The molecule has 0 aliphatic carbocycles. The van der Waals surface area contributed by atoms with Gasteiger partial charge in [-0.3, -0.25) is 9.78 Å². The van der Waals surface area contributed by atoms with E-state index < -0.39 is 0 Å². The van der Waals surface area contributed by atoms with Crippen LogP contribution in [0.1, 0.15) is 25.2 Å². The van der Waals surface area contributed by atoms with Crippen LogP contribution >= 0.6 is 0 Å². The summed E-state index contributed by atoms with van der Waals surface area (Å²) < 4.78 is 1.76. The number of carbonyl (C=O) groups is 1. The minimum Gasteiger partial charge on any atom is -0.355 e. The lowest BCUT2D eigenvalue weighted by atomic mass is 10.4. The molecule has 7 heteroatoms. The van der Waals surface area contributed by atoms with E-state index in [4.69, 9.17) is 0 Å². The fraction of sp³-hybridized carbons (Fsp3) is 0.467. The van der Waals surface area contributed by atoms with Gasteiger partial charge >= 0.3 is 0 Å². The Hall–Kier alpha value is -2.44. The van der Waals surface area contributed by atoms with Gasteiger partial charge in [0.15, 0.2) is 5.82 Å². The highest BCUT2D eigenvalue weighted by Gasteiger charge is 2.13. The zero-order valence-corrected chi connectivity index (χ0v) is 13.5. The second-order valence-corrected chi connectivity index (χ2v) is 5.04. The molecule has 0 aliphatic heterocycles. The van der Waals surface area contributed by atoms with Gasteiger partial charge in [-0.1, -0.05) is 0 Å². The average Bonchev–Trinajstić information content (AvgIpc) is 2.84. The van der Waals surface area contributed by atoms with Crippen LogP contribution in [0.4, 0.5) is 5.82 Å². The molecule has 0 fully saturated rings. The maximum Gasteiger partial charge on any atom is 0.239 e. The van der Waals surface area contributed by atoms with Gasteiger partial charge in [-0.05, 0) is 33.8 Å². The minimum absolute atomic E-state index is 0.0253. The highest BCUT2D eigenvalue weighted by molar-refractivity contribution is 5.80. The molecule has 1 N–H and O–H groups in total. The van der Waals surface area contributed by atoms with Crippen molar-refractivity contribution in [3.8, 4) is 5.82 Å². The Bertz CT molecular complexity index is 651. The van der Waals surface area contributed by atoms with Crippen LogP contribution < -0.4 is 10.2 Å². The summed E-state index contributed by atoms with van der Waals surface area (Å²) >= 11 is 0. The summed E-state index contributed by atoms with van der Waals surface area (Å²) in [6, 6.07) is 1.99. The largest absolute Gasteiger partial charge is 0.355 e. The highest BCUT2D eigenvalue weighted by Crippen LogP contribution is 2.14. The fourth-order valence-corrected chi connectivity index (χ4v) is 2.24. The predicted molar refractivity (Wildman–Crippen MR) is 85.2 cm³/mol. The van der Waals surface area contributed by atoms with Crippen LogP contribution in [0.5, 0.6) is 0 Å². The Morgan fingerprint density at radius 2 is 2.09 bits per heavy atom. The van der Waals surface area contributed by atoms with Crippen molar-refractivity contribution < 1.29 is 4.79 Å². The van der Waals surface area contributed by atoms with E-state index in [-0.39, 0.29) is 12.5 Å². The molecule has 2 aromatic heterocycles. The van der Waals surface area contributed by atoms with Crippen molar-refractivity contribution in [3.05, 3.63) is 29.8 Å². The number of carbonyl (C=O) groups excluding carboxylic acids is 1. The van der Waals surface area contributed by atoms with Gasteiger partial charge in [0.25, 0.3) is 0 Å². The molecule has 0 saturated carbocycles. The molecule has 0 unspecified atom stereocenters. The number of nitrogens with one attached hydrogen (secondary N) is 1. The molecule has 2 heterocycles. The van der Waals surface area contributed by atoms with E-state index in [0.29, 0.717) is 24.7 Å². The fourth-order valence-electron chi connectivity index (χ4n) is 2.24. The van der Waals surface area contributed by atoms with Crippen molar-refractivity contribution in [1.82, 2.24) is 25.1 Å². The summed E-state index contributed by atoms with van der Waals surface area (Å²) in [6.07, 6.45) is 3.33. The monoisotopic (exact) mass is 302 g/mol. The Balaban J connectivity index is 2.26. The van der Waals surface area contributed by atoms with Gasteiger partial charge in [0.05, 0.1) is 24.6 Å². The van der Waals surface area contributed by atoms with Gasteiger partial charge in [0.1, 0.15) is 5.82 Å². The van der Waals surface area contributed by atoms with Crippen LogP contribution in [-0.4, -0.2) is 45.3 Å². The number of amides is 1. The summed E-state index contributed by atoms with van der Waals surface area (Å²) in [5, 5.41) is 7.21. The molecule has 2 rings (SSSR count). The molecule has 7 nitrogen and oxygen atoms in total. The van der Waals surface area contributed by atoms with Crippen molar-refractivity contribution in [2.45, 2.75) is 27.7 Å². The molecule has 0 radical (unpaired) electrons. The number of rotatable bonds is 6. The van der Waals surface area contributed by atoms with Gasteiger partial charge in [-0.25, -0.2) is 9.67 Å². The zero-order valence-electron chi connectivity index (χ0n) is 13.5. The van der Waals surface area contributed by atoms with Crippen LogP contribution in [-0.2, 0) is 4.79 Å². The van der Waals surface area contributed by atoms with E-state index >= 15 is 0 Å². The summed E-state index contributed by atoms with van der Waals surface area (Å²) in [5.74, 6) is 1.29. The van der Waals surface area contributed by atoms with E-state index in [9.17, 15) is 4.79 Å². The second kappa shape index (κ2) is 7.02. The molecule has 0 spiro atoms. The molecule has 1 amide bonds. The number of anilines is 1. The van der Waals surface area contributed by atoms with E-state index in [2.05, 4.69) is 20.4 Å². The third-order valence-electron chi connectivity index (χ3n) is 3.25. The first-order valence-electron chi connectivity index (χ1n) is 7.42. The van der Waals surface area contributed by atoms with E-state index in [1.807, 2.05) is 38.7 Å². The highest BCUT2D eigenvalue weighted by atomic mass is 16.2. The Morgan fingerprint density at radius 1 is 1.32 bits per heavy atom. The van der Waals surface area contributed by atoms with Crippen LogP contribution in [0.2, 0.25) is 0 Å². The lowest BCUT2D eigenvalue weighted by Crippen LogP contribution is -2.37. The quantitative estimate of drug-likeness (QED) is 0.869. The summed E-state index contributed by atoms with van der Waals surface area (Å²) in [7, 11) is 0. The number of aromatic nitrogens is 4. The third kappa shape index (κ3) is 3.60. The van der Waals surface area contributed by atoms with Crippen molar-refractivity contribution in [1.29, 1.82) is 0 Å². The summed E-state index contributed by atoms with van der Waals surface area (Å²) in [5.41, 5.74) is 1.93. The van der Waals surface area contributed by atoms with Gasteiger partial charge in [0.2, 0.25) is 5.91 Å². The first-order valence-corrected chi connectivity index (χ1v) is 7.42. The zero-order chi connectivity index (χ0) is 16.1. The van der Waals surface area contributed by atoms with Crippen LogP contribution in [0, 0.1) is 13.8 Å². The van der Waals surface area contributed by atoms with Gasteiger partial charge in [0, 0.05) is 18.8 Å². The maximum absolute atomic E-state index is 11.8. The Kier molecular flexibility index (Phi) is 5.08. The predicted octanol–water partition coefficient (Wildman–Crippen LogP) is 1.24. The van der Waals surface area contributed by atoms with E-state index in [1.54, 1.807) is 17.1 Å². The van der Waals surface area contributed by atoms with Crippen molar-refractivity contribution in [3.63, 3.8) is 0 Å². The lowest BCUT2D eigenvalue weighted by molar-refractivity contribution is -0.119. The molecule has 22 heavy (non-hydrogen) atoms. The first kappa shape index (κ1) is 15.9. The molecule has 0 aliphatic rings. The van der Waals surface area contributed by atoms with Crippen LogP contribution in [0.15, 0.2) is 18.5 Å². The molecule has 0 atom stereocenters. The van der Waals surface area contributed by atoms with Crippen LogP contribution in [0.25, 0.3) is 5.82 Å². The lowest BCUT2D eigenvalue weighted by Gasteiger charge is -2.21. The summed E-state index contributed by atoms with van der Waals surface area (Å²) in [4.78, 5) is 22.5. The van der Waals surface area contributed by atoms with E-state index in [0.717, 1.165) is 11.4 Å². The van der Waals surface area contributed by atoms with Crippen molar-refractivity contribution in [2.75, 3.05) is 24.5 Å². The Morgan fingerprint density at radius 3 is 2.68 bits per heavy atom. The van der Waals surface area contributed by atoms with Crippen molar-refractivity contribution >= 4 is 11.7 Å². The molecule has 0 aromatic carbocycles. The van der Waals surface area contributed by atoms with E-state index in [1.165, 1.54) is 0 Å². The molecular weight excluding hydrogens is 280 g/mol. The van der Waals surface area contributed by atoms with Gasteiger partial charge in [-0.15, -0.1) is 0 Å². The summed E-state index contributed by atoms with van der Waals surface area (Å²) in [6.45, 7) is 9.35. The van der Waals surface area contributed by atoms with Crippen LogP contribution in [0.3, 0.4) is 0 Å². The third-order valence-corrected chi connectivity index (χ3v) is 3.25. The SMILES string of the molecule is CCNC(=O)CN(CC)c1cncc(-n2nc(C)cc2C)n1. The number of hydrogen-bond donors (Lipinski definition) is 1. The van der Waals surface area contributed by atoms with Crippen molar-refractivity contribution in [2.24, 2.45) is 0 Å². The number of likely N-dealkylation sites (N-methyl/N-ethyl adjacent to an activating group) is 2. The minimum atomic E-state index is -0.0253. The Labute approximate surface area is 130 Å². The first-order chi connectivity index (χ1) is 10.5. The normalized spacial score (nSPS) is 10.5. The topological polar surface area (TPSA) is 75.9 Å². The number of nitrogens with zero attached hydrogens (tertiary/aromatic N) is 5. The average molecular weight is 302 g/mol. The molecular formula is C15H22N6O. The van der Waals surface area contributed by atoms with Gasteiger partial charge < -0.3 is 10.2 Å². The molecule has 0 saturated heterocycles. The molecule has 118 valence electrons.